The number of halogens is 1. The molecule has 1 amide bonds. The van der Waals surface area contributed by atoms with Gasteiger partial charge in [0.1, 0.15) is 11.6 Å². The Hall–Kier alpha value is -6.07. The van der Waals surface area contributed by atoms with Crippen LogP contribution in [0.1, 0.15) is 114 Å². The third-order valence-electron chi connectivity index (χ3n) is 13.5. The van der Waals surface area contributed by atoms with E-state index in [1.54, 1.807) is 0 Å². The van der Waals surface area contributed by atoms with Crippen molar-refractivity contribution in [1.82, 2.24) is 54.2 Å². The van der Waals surface area contributed by atoms with Gasteiger partial charge in [0.05, 0.1) is 12.7 Å². The first kappa shape index (κ1) is 54.3. The highest BCUT2D eigenvalue weighted by molar-refractivity contribution is 6.66. The highest BCUT2D eigenvalue weighted by Crippen LogP contribution is 2.33. The molecule has 2 aromatic carbocycles. The molecule has 0 saturated heterocycles. The van der Waals surface area contributed by atoms with Crippen LogP contribution in [0.2, 0.25) is 0 Å². The van der Waals surface area contributed by atoms with Gasteiger partial charge in [-0.3, -0.25) is 9.59 Å². The second-order valence-corrected chi connectivity index (χ2v) is 20.2. The Morgan fingerprint density at radius 3 is 1.49 bits per heavy atom. The first-order valence-corrected chi connectivity index (χ1v) is 25.4. The fourth-order valence-electron chi connectivity index (χ4n) is 9.35. The highest BCUT2D eigenvalue weighted by atomic mass is 35.5. The number of imidazole rings is 2. The summed E-state index contributed by atoms with van der Waals surface area (Å²) in [4.78, 5) is 54.8. The van der Waals surface area contributed by atoms with E-state index in [4.69, 9.17) is 37.3 Å². The third-order valence-corrected chi connectivity index (χ3v) is 13.7. The summed E-state index contributed by atoms with van der Waals surface area (Å²) in [5.74, 6) is 4.31. The van der Waals surface area contributed by atoms with Gasteiger partial charge in [0, 0.05) is 61.5 Å². The second-order valence-electron chi connectivity index (χ2n) is 19.8. The van der Waals surface area contributed by atoms with Gasteiger partial charge in [-0.05, 0) is 178 Å². The minimum atomic E-state index is -0.509. The van der Waals surface area contributed by atoms with Gasteiger partial charge in [-0.25, -0.2) is 29.9 Å². The predicted molar refractivity (Wildman–Crippen MR) is 288 cm³/mol. The fraction of sp³-hybridized carbons (Fsp3) is 0.481. The van der Waals surface area contributed by atoms with Gasteiger partial charge >= 0.3 is 0 Å². The molecular weight excluding hydrogens is 912 g/mol. The summed E-state index contributed by atoms with van der Waals surface area (Å²) in [5, 5.41) is 9.27. The van der Waals surface area contributed by atoms with Crippen LogP contribution in [0.4, 0.5) is 23.0 Å². The Bertz CT molecular complexity index is 2710. The molecule has 8 rings (SSSR count). The van der Waals surface area contributed by atoms with Crippen LogP contribution in [0.15, 0.2) is 86.5 Å². The maximum Gasteiger partial charge on any atom is 0.244 e. The number of rotatable bonds is 17. The molecule has 0 aliphatic heterocycles. The molecule has 5 N–H and O–H groups in total. The van der Waals surface area contributed by atoms with Crippen LogP contribution in [0.25, 0.3) is 22.3 Å². The summed E-state index contributed by atoms with van der Waals surface area (Å²) < 4.78 is 4.24. The van der Waals surface area contributed by atoms with Gasteiger partial charge in [-0.15, -0.1) is 0 Å². The average molecular weight is 988 g/mol. The van der Waals surface area contributed by atoms with Crippen LogP contribution >= 0.6 is 11.6 Å². The number of hydrogen-bond donors (Lipinski definition) is 4. The monoisotopic (exact) mass is 987 g/mol. The van der Waals surface area contributed by atoms with Gasteiger partial charge in [-0.2, -0.15) is 0 Å². The first-order chi connectivity index (χ1) is 34.0. The van der Waals surface area contributed by atoms with Gasteiger partial charge < -0.3 is 40.6 Å². The van der Waals surface area contributed by atoms with Gasteiger partial charge in [0.25, 0.3) is 0 Å². The van der Waals surface area contributed by atoms with E-state index in [1.807, 2.05) is 55.1 Å². The summed E-state index contributed by atoms with van der Waals surface area (Å²) in [5.41, 5.74) is 13.1. The smallest absolute Gasteiger partial charge is 0.244 e. The summed E-state index contributed by atoms with van der Waals surface area (Å²) in [6, 6.07) is 18.0. The molecule has 2 fully saturated rings. The zero-order valence-electron chi connectivity index (χ0n) is 43.0. The molecule has 0 spiro atoms. The minimum Gasteiger partial charge on any atom is -0.348 e. The van der Waals surface area contributed by atoms with Crippen LogP contribution in [-0.2, 0) is 35.5 Å². The topological polar surface area (TPSA) is 190 Å². The number of carbonyl (C=O) groups excluding carboxylic acids is 2. The third kappa shape index (κ3) is 15.2. The number of benzene rings is 2. The molecule has 380 valence electrons. The minimum absolute atomic E-state index is 0.190. The number of allylic oxidation sites excluding steroid dienone is 1. The number of aromatic nitrogens is 8. The van der Waals surface area contributed by atoms with Gasteiger partial charge in [-0.1, -0.05) is 37.4 Å². The summed E-state index contributed by atoms with van der Waals surface area (Å²) in [6.07, 6.45) is 17.7. The number of anilines is 4. The van der Waals surface area contributed by atoms with Gasteiger partial charge in [0.2, 0.25) is 11.1 Å². The van der Waals surface area contributed by atoms with Crippen molar-refractivity contribution in [1.29, 1.82) is 0 Å². The molecule has 2 aliphatic rings. The summed E-state index contributed by atoms with van der Waals surface area (Å²) in [6.45, 7) is 16.1. The molecule has 17 heteroatoms. The van der Waals surface area contributed by atoms with E-state index in [-0.39, 0.29) is 18.0 Å². The van der Waals surface area contributed by atoms with Crippen molar-refractivity contribution in [2.45, 2.75) is 129 Å². The Balaban J connectivity index is 0.000000213. The molecule has 71 heavy (non-hydrogen) atoms. The van der Waals surface area contributed by atoms with Crippen molar-refractivity contribution in [3.05, 3.63) is 109 Å². The summed E-state index contributed by atoms with van der Waals surface area (Å²) in [7, 11) is 8.73. The molecule has 2 aliphatic carbocycles. The Labute approximate surface area is 425 Å². The first-order valence-electron chi connectivity index (χ1n) is 25.0. The average Bonchev–Trinajstić information content (AvgIpc) is 4.00. The molecule has 16 nitrogen and oxygen atoms in total. The lowest BCUT2D eigenvalue weighted by molar-refractivity contribution is -0.116. The number of carbonyl (C=O) groups is 2. The van der Waals surface area contributed by atoms with Crippen LogP contribution in [0, 0.1) is 11.8 Å². The molecule has 0 unspecified atom stereocenters. The lowest BCUT2D eigenvalue weighted by Crippen LogP contribution is -2.32. The van der Waals surface area contributed by atoms with Crippen LogP contribution in [0.5, 0.6) is 0 Å². The fourth-order valence-corrected chi connectivity index (χ4v) is 9.35. The molecule has 4 heterocycles. The van der Waals surface area contributed by atoms with Crippen molar-refractivity contribution in [2.24, 2.45) is 17.6 Å². The van der Waals surface area contributed by atoms with Crippen LogP contribution in [-0.4, -0.2) is 100 Å². The molecule has 4 aromatic heterocycles. The van der Waals surface area contributed by atoms with Crippen molar-refractivity contribution in [2.75, 3.05) is 38.8 Å². The Kier molecular flexibility index (Phi) is 19.8. The lowest BCUT2D eigenvalue weighted by Gasteiger charge is -2.32. The molecule has 0 atom stereocenters. The van der Waals surface area contributed by atoms with Crippen molar-refractivity contribution >= 4 is 68.1 Å². The van der Waals surface area contributed by atoms with E-state index in [9.17, 15) is 9.59 Å². The van der Waals surface area contributed by atoms with Crippen LogP contribution < -0.4 is 21.7 Å². The highest BCUT2D eigenvalue weighted by Gasteiger charge is 2.26. The second kappa shape index (κ2) is 25.9. The lowest BCUT2D eigenvalue weighted by atomic mass is 9.83. The molecule has 2 saturated carbocycles. The number of nitrogens with one attached hydrogen (secondary N) is 3. The number of hydrogen-bond acceptors (Lipinski definition) is 13. The van der Waals surface area contributed by atoms with E-state index in [0.717, 1.165) is 87.0 Å². The largest absolute Gasteiger partial charge is 0.348 e. The Morgan fingerprint density at radius 2 is 1.11 bits per heavy atom. The maximum atomic E-state index is 11.5. The van der Waals surface area contributed by atoms with E-state index in [0.29, 0.717) is 37.0 Å². The molecule has 6 aromatic rings. The number of nitrogens with two attached hydrogens (primary N) is 1. The van der Waals surface area contributed by atoms with Crippen LogP contribution in [0.3, 0.4) is 0 Å². The molecular formula is C54H75ClN14O2. The van der Waals surface area contributed by atoms with Crippen molar-refractivity contribution in [3.63, 3.8) is 0 Å². The van der Waals surface area contributed by atoms with E-state index >= 15 is 0 Å². The standard InChI is InChI=1S/C27H37N7O.C24H35N7.C3H3ClO/c1-6-24(35)28-16-20-8-7-9-21(14-20)30-26-25-27(34(17-29-25)18(2)3)32-23(31-26)15-19-10-12-22(13-11-19)33(4)5;1-16(2)31-15-26-22-23(27-19-7-5-6-18(12-19)14-25)28-21(29-24(22)31)13-17-8-10-20(11-9-17)30(3)4;1-2-3(4)5/h6-9,14,17-19,22H,1,10-13,15-16H2,2-5H3,(H,28,35)(H,30,31,32);5-7,12,15-17,20H,8-11,13-14,25H2,1-4H3,(H,27,28,29);2H,1H2. The van der Waals surface area contributed by atoms with Gasteiger partial charge in [0.15, 0.2) is 34.0 Å². The van der Waals surface area contributed by atoms with E-state index in [2.05, 4.69) is 120 Å². The van der Waals surface area contributed by atoms with E-state index in [1.165, 1.54) is 57.4 Å². The normalized spacial score (nSPS) is 17.9. The Morgan fingerprint density at radius 1 is 0.690 bits per heavy atom. The number of amides is 1. The SMILES string of the molecule is C=CC(=O)Cl.C=CC(=O)NCc1cccc(Nc2nc(CC3CCC(N(C)C)CC3)nc3c2ncn3C(C)C)c1.CC(C)n1cnc2c(Nc3cccc(CN)c3)nc(CC3CCC(N(C)C)CC3)nc21. The molecule has 0 bridgehead atoms. The maximum absolute atomic E-state index is 11.5. The van der Waals surface area contributed by atoms with Crippen molar-refractivity contribution < 1.29 is 9.59 Å². The zero-order chi connectivity index (χ0) is 51.2. The number of fused-ring (bicyclic) bond motifs is 2. The van der Waals surface area contributed by atoms with Crippen molar-refractivity contribution in [3.8, 4) is 0 Å². The number of nitrogens with zero attached hydrogens (tertiary/aromatic N) is 10. The molecule has 0 radical (unpaired) electrons. The predicted octanol–water partition coefficient (Wildman–Crippen LogP) is 9.83. The summed E-state index contributed by atoms with van der Waals surface area (Å²) >= 11 is 4.71. The van der Waals surface area contributed by atoms with E-state index < -0.39 is 5.24 Å². The zero-order valence-corrected chi connectivity index (χ0v) is 43.8. The quantitative estimate of drug-likeness (QED) is 0.0500.